The van der Waals surface area contributed by atoms with Crippen molar-refractivity contribution < 1.29 is 34.1 Å². The van der Waals surface area contributed by atoms with Gasteiger partial charge < -0.3 is 14.9 Å². The van der Waals surface area contributed by atoms with E-state index in [1.807, 2.05) is 13.8 Å². The van der Waals surface area contributed by atoms with Crippen LogP contribution in [-0.4, -0.2) is 34.1 Å². The molecule has 0 heterocycles. The van der Waals surface area contributed by atoms with E-state index >= 15 is 0 Å². The number of carboxylic acids is 2. The van der Waals surface area contributed by atoms with Gasteiger partial charge in [-0.1, -0.05) is 65.2 Å². The van der Waals surface area contributed by atoms with E-state index in [1.54, 1.807) is 0 Å². The van der Waals surface area contributed by atoms with Crippen LogP contribution in [0.2, 0.25) is 0 Å². The van der Waals surface area contributed by atoms with Gasteiger partial charge in [0.2, 0.25) is 0 Å². The van der Waals surface area contributed by atoms with E-state index in [1.165, 1.54) is 0 Å². The molecule has 2 N–H and O–H groups in total. The maximum absolute atomic E-state index is 12.3. The molecule has 0 bridgehead atoms. The molecule has 27 heavy (non-hydrogen) atoms. The third kappa shape index (κ3) is 13.0. The fraction of sp³-hybridized carbons (Fsp3) is 0.800. The second-order valence-electron chi connectivity index (χ2n) is 7.03. The molecule has 2 atom stereocenters. The van der Waals surface area contributed by atoms with Gasteiger partial charge in [-0.3, -0.25) is 19.2 Å². The predicted octanol–water partition coefficient (Wildman–Crippen LogP) is 4.18. The molecule has 0 aromatic rings. The molecule has 0 rings (SSSR count). The van der Waals surface area contributed by atoms with Crippen molar-refractivity contribution in [3.8, 4) is 0 Å². The molecule has 0 fully saturated rings. The van der Waals surface area contributed by atoms with E-state index in [4.69, 9.17) is 14.9 Å². The zero-order valence-electron chi connectivity index (χ0n) is 16.6. The highest BCUT2D eigenvalue weighted by Gasteiger charge is 2.29. The lowest BCUT2D eigenvalue weighted by molar-refractivity contribution is -0.169. The lowest BCUT2D eigenvalue weighted by Crippen LogP contribution is -2.28. The topological polar surface area (TPSA) is 118 Å². The maximum atomic E-state index is 12.3. The average molecular weight is 386 g/mol. The van der Waals surface area contributed by atoms with Crippen LogP contribution < -0.4 is 0 Å². The second kappa shape index (κ2) is 15.2. The molecule has 0 aromatic carbocycles. The molecule has 7 heteroatoms. The first-order chi connectivity index (χ1) is 12.8. The van der Waals surface area contributed by atoms with Crippen molar-refractivity contribution in [2.45, 2.75) is 90.9 Å². The zero-order chi connectivity index (χ0) is 20.7. The molecule has 0 saturated carbocycles. The summed E-state index contributed by atoms with van der Waals surface area (Å²) in [5, 5.41) is 18.0. The Morgan fingerprint density at radius 2 is 1.04 bits per heavy atom. The van der Waals surface area contributed by atoms with Crippen molar-refractivity contribution in [3.63, 3.8) is 0 Å². The van der Waals surface area contributed by atoms with Crippen molar-refractivity contribution in [2.75, 3.05) is 0 Å². The molecule has 2 unspecified atom stereocenters. The molecule has 0 saturated heterocycles. The van der Waals surface area contributed by atoms with E-state index in [2.05, 4.69) is 0 Å². The summed E-state index contributed by atoms with van der Waals surface area (Å²) in [4.78, 5) is 46.5. The Labute approximate surface area is 161 Å². The van der Waals surface area contributed by atoms with Crippen molar-refractivity contribution in [1.82, 2.24) is 0 Å². The zero-order valence-corrected chi connectivity index (χ0v) is 16.6. The van der Waals surface area contributed by atoms with Crippen LogP contribution in [0.4, 0.5) is 0 Å². The van der Waals surface area contributed by atoms with E-state index in [9.17, 15) is 19.2 Å². The van der Waals surface area contributed by atoms with E-state index in [0.717, 1.165) is 38.5 Å². The second-order valence-corrected chi connectivity index (χ2v) is 7.03. The highest BCUT2D eigenvalue weighted by Crippen LogP contribution is 2.20. The Hall–Kier alpha value is -1.92. The summed E-state index contributed by atoms with van der Waals surface area (Å²) in [5.41, 5.74) is 0. The van der Waals surface area contributed by atoms with Crippen molar-refractivity contribution in [1.29, 1.82) is 0 Å². The van der Waals surface area contributed by atoms with Crippen LogP contribution in [-0.2, 0) is 23.9 Å². The van der Waals surface area contributed by atoms with Gasteiger partial charge in [0.25, 0.3) is 0 Å². The summed E-state index contributed by atoms with van der Waals surface area (Å²) >= 11 is 0. The normalized spacial score (nSPS) is 13.0. The monoisotopic (exact) mass is 386 g/mol. The number of carbonyl (C=O) groups is 4. The Morgan fingerprint density at radius 3 is 1.33 bits per heavy atom. The van der Waals surface area contributed by atoms with Gasteiger partial charge in [-0.15, -0.1) is 0 Å². The molecule has 0 radical (unpaired) electrons. The number of ether oxygens (including phenoxy) is 1. The van der Waals surface area contributed by atoms with Crippen LogP contribution >= 0.6 is 0 Å². The first-order valence-corrected chi connectivity index (χ1v) is 10.0. The van der Waals surface area contributed by atoms with Crippen LogP contribution in [0, 0.1) is 11.8 Å². The summed E-state index contributed by atoms with van der Waals surface area (Å²) in [6.45, 7) is 4.09. The van der Waals surface area contributed by atoms with E-state index in [0.29, 0.717) is 25.7 Å². The molecule has 0 aliphatic heterocycles. The number of hydrogen-bond acceptors (Lipinski definition) is 5. The standard InChI is InChI=1S/C20H34O7/c1-3-5-7-9-11-15(13-17(21)22)19(25)27-20(26)16(14-18(23)24)12-10-8-6-4-2/h15-16H,3-14H2,1-2H3,(H,21,22)(H,23,24). The van der Waals surface area contributed by atoms with Gasteiger partial charge in [-0.05, 0) is 12.8 Å². The van der Waals surface area contributed by atoms with Crippen molar-refractivity contribution in [2.24, 2.45) is 11.8 Å². The smallest absolute Gasteiger partial charge is 0.317 e. The Kier molecular flexibility index (Phi) is 14.1. The van der Waals surface area contributed by atoms with Crippen LogP contribution in [0.3, 0.4) is 0 Å². The predicted molar refractivity (Wildman–Crippen MR) is 100 cm³/mol. The molecular weight excluding hydrogens is 352 g/mol. The van der Waals surface area contributed by atoms with E-state index < -0.39 is 48.6 Å². The summed E-state index contributed by atoms with van der Waals surface area (Å²) < 4.78 is 4.89. The highest BCUT2D eigenvalue weighted by molar-refractivity contribution is 5.90. The lowest BCUT2D eigenvalue weighted by Gasteiger charge is -2.17. The molecular formula is C20H34O7. The van der Waals surface area contributed by atoms with Gasteiger partial charge in [-0.25, -0.2) is 0 Å². The average Bonchev–Trinajstić information content (AvgIpc) is 2.59. The van der Waals surface area contributed by atoms with Gasteiger partial charge in [0, 0.05) is 0 Å². The number of rotatable bonds is 16. The third-order valence-electron chi connectivity index (χ3n) is 4.52. The fourth-order valence-corrected chi connectivity index (χ4v) is 2.93. The summed E-state index contributed by atoms with van der Waals surface area (Å²) in [5.74, 6) is -5.73. The molecule has 156 valence electrons. The summed E-state index contributed by atoms with van der Waals surface area (Å²) in [7, 11) is 0. The largest absolute Gasteiger partial charge is 0.481 e. The van der Waals surface area contributed by atoms with Crippen LogP contribution in [0.1, 0.15) is 90.9 Å². The van der Waals surface area contributed by atoms with Crippen molar-refractivity contribution in [3.05, 3.63) is 0 Å². The Morgan fingerprint density at radius 1 is 0.667 bits per heavy atom. The molecule has 0 aromatic heterocycles. The molecule has 0 spiro atoms. The molecule has 0 aliphatic carbocycles. The van der Waals surface area contributed by atoms with Gasteiger partial charge >= 0.3 is 23.9 Å². The molecule has 7 nitrogen and oxygen atoms in total. The van der Waals surface area contributed by atoms with Crippen LogP contribution in [0.5, 0.6) is 0 Å². The lowest BCUT2D eigenvalue weighted by atomic mass is 9.96. The summed E-state index contributed by atoms with van der Waals surface area (Å²) in [6.07, 6.45) is 7.06. The van der Waals surface area contributed by atoms with Crippen LogP contribution in [0.25, 0.3) is 0 Å². The minimum absolute atomic E-state index is 0.346. The number of esters is 2. The van der Waals surface area contributed by atoms with Gasteiger partial charge in [0.05, 0.1) is 24.7 Å². The summed E-state index contributed by atoms with van der Waals surface area (Å²) in [6, 6.07) is 0. The Balaban J connectivity index is 4.76. The fourth-order valence-electron chi connectivity index (χ4n) is 2.93. The third-order valence-corrected chi connectivity index (χ3v) is 4.52. The highest BCUT2D eigenvalue weighted by atomic mass is 16.6. The number of aliphatic carboxylic acids is 2. The van der Waals surface area contributed by atoms with Gasteiger partial charge in [0.1, 0.15) is 0 Å². The first-order valence-electron chi connectivity index (χ1n) is 10.0. The van der Waals surface area contributed by atoms with E-state index in [-0.39, 0.29) is 0 Å². The quantitative estimate of drug-likeness (QED) is 0.232. The number of unbranched alkanes of at least 4 members (excludes halogenated alkanes) is 6. The van der Waals surface area contributed by atoms with Gasteiger partial charge in [0.15, 0.2) is 0 Å². The van der Waals surface area contributed by atoms with Crippen LogP contribution in [0.15, 0.2) is 0 Å². The number of carbonyl (C=O) groups excluding carboxylic acids is 2. The number of carboxylic acid groups (broad SMARTS) is 2. The SMILES string of the molecule is CCCCCCC(CC(=O)O)C(=O)OC(=O)C(CCCCCC)CC(=O)O. The first kappa shape index (κ1) is 25.1. The minimum atomic E-state index is -1.12. The minimum Gasteiger partial charge on any atom is -0.481 e. The molecule has 0 amide bonds. The molecule has 0 aliphatic rings. The van der Waals surface area contributed by atoms with Crippen molar-refractivity contribution >= 4 is 23.9 Å². The Bertz CT molecular complexity index is 431. The number of hydrogen-bond donors (Lipinski definition) is 2. The van der Waals surface area contributed by atoms with Gasteiger partial charge in [-0.2, -0.15) is 0 Å². The maximum Gasteiger partial charge on any atom is 0.317 e.